The summed E-state index contributed by atoms with van der Waals surface area (Å²) >= 11 is 0. The monoisotopic (exact) mass is 653 g/mol. The van der Waals surface area contributed by atoms with Crippen LogP contribution in [0.4, 0.5) is 10.1 Å². The van der Waals surface area contributed by atoms with Crippen molar-refractivity contribution in [1.29, 1.82) is 0 Å². The number of nitrogens with one attached hydrogen (secondary N) is 3. The average Bonchev–Trinajstić information content (AvgIpc) is 3.56. The highest BCUT2D eigenvalue weighted by Crippen LogP contribution is 2.32. The fraction of sp³-hybridized carbons (Fsp3) is 0.629. The van der Waals surface area contributed by atoms with Gasteiger partial charge in [0.05, 0.1) is 5.69 Å². The van der Waals surface area contributed by atoms with Crippen molar-refractivity contribution in [2.24, 2.45) is 11.8 Å². The van der Waals surface area contributed by atoms with Crippen LogP contribution in [0.25, 0.3) is 0 Å². The Bertz CT molecular complexity index is 1410. The van der Waals surface area contributed by atoms with Crippen LogP contribution < -0.4 is 16.0 Å². The van der Waals surface area contributed by atoms with Gasteiger partial charge in [0.2, 0.25) is 17.7 Å². The molecule has 258 valence electrons. The molecule has 2 aliphatic rings. The van der Waals surface area contributed by atoms with Gasteiger partial charge in [0.15, 0.2) is 0 Å². The number of likely N-dealkylation sites (N-methyl/N-ethyl adjacent to an activating group) is 1. The fourth-order valence-corrected chi connectivity index (χ4v) is 6.87. The third kappa shape index (κ3) is 8.77. The molecule has 0 bridgehead atoms. The molecule has 2 heterocycles. The quantitative estimate of drug-likeness (QED) is 0.316. The highest BCUT2D eigenvalue weighted by molar-refractivity contribution is 6.00. The van der Waals surface area contributed by atoms with Crippen molar-refractivity contribution in [1.82, 2.24) is 30.2 Å². The molecule has 1 aromatic carbocycles. The van der Waals surface area contributed by atoms with Gasteiger partial charge in [-0.1, -0.05) is 46.6 Å². The molecular weight excluding hydrogens is 601 g/mol. The van der Waals surface area contributed by atoms with E-state index in [0.717, 1.165) is 38.8 Å². The standard InChI is InChI=1S/C35H52FN7O4/c1-7-30(44)39-31(35(47)42-19-18-41(8-2)23(5)21-42)24(6)26-14-15-28(27(36)20-26)38-34(46)32(25-12-10-22(4)11-13-25)40-33(45)29-16-17-37-43(29)9-3/h14-17,20,22-25,31-32H,7-13,18-19,21H2,1-6H3,(H,38,46)(H,39,44)(H,40,45)/t22?,23-,24-,25?,31+,32-/m0/s1. The molecule has 4 rings (SSSR count). The molecular formula is C35H52FN7O4. The molecule has 1 saturated heterocycles. The summed E-state index contributed by atoms with van der Waals surface area (Å²) in [6, 6.07) is 4.56. The summed E-state index contributed by atoms with van der Waals surface area (Å²) < 4.78 is 17.3. The predicted octanol–water partition coefficient (Wildman–Crippen LogP) is 4.16. The third-order valence-corrected chi connectivity index (χ3v) is 10.0. The van der Waals surface area contributed by atoms with Crippen LogP contribution in [0.1, 0.15) is 95.6 Å². The lowest BCUT2D eigenvalue weighted by Crippen LogP contribution is -2.58. The molecule has 0 unspecified atom stereocenters. The molecule has 47 heavy (non-hydrogen) atoms. The van der Waals surface area contributed by atoms with Crippen LogP contribution in [0.15, 0.2) is 30.5 Å². The van der Waals surface area contributed by atoms with E-state index in [-0.39, 0.29) is 35.9 Å². The van der Waals surface area contributed by atoms with Gasteiger partial charge in [0, 0.05) is 50.8 Å². The minimum atomic E-state index is -0.868. The van der Waals surface area contributed by atoms with E-state index in [1.165, 1.54) is 12.1 Å². The molecule has 4 atom stereocenters. The molecule has 11 nitrogen and oxygen atoms in total. The molecule has 1 saturated carbocycles. The summed E-state index contributed by atoms with van der Waals surface area (Å²) in [5.74, 6) is -2.07. The Morgan fingerprint density at radius 3 is 2.32 bits per heavy atom. The van der Waals surface area contributed by atoms with Crippen LogP contribution in [0.3, 0.4) is 0 Å². The largest absolute Gasteiger partial charge is 0.344 e. The Morgan fingerprint density at radius 2 is 1.70 bits per heavy atom. The summed E-state index contributed by atoms with van der Waals surface area (Å²) in [5, 5.41) is 12.7. The lowest BCUT2D eigenvalue weighted by atomic mass is 9.79. The van der Waals surface area contributed by atoms with Crippen LogP contribution in [0.2, 0.25) is 0 Å². The van der Waals surface area contributed by atoms with Gasteiger partial charge >= 0.3 is 0 Å². The SMILES string of the molecule is CCC(=O)N[C@@H](C(=O)N1CCN(CC)[C@@H](C)C1)[C@@H](C)c1ccc(NC(=O)[C@@H](NC(=O)c2ccnn2CC)C2CCC(C)CC2)c(F)c1. The topological polar surface area (TPSA) is 129 Å². The van der Waals surface area contributed by atoms with Crippen LogP contribution >= 0.6 is 0 Å². The summed E-state index contributed by atoms with van der Waals surface area (Å²) in [5.41, 5.74) is 0.868. The number of anilines is 1. The van der Waals surface area contributed by atoms with Crippen molar-refractivity contribution in [2.45, 2.75) is 104 Å². The molecule has 0 radical (unpaired) electrons. The van der Waals surface area contributed by atoms with Crippen molar-refractivity contribution in [3.8, 4) is 0 Å². The van der Waals surface area contributed by atoms with Crippen LogP contribution in [-0.2, 0) is 20.9 Å². The Labute approximate surface area is 278 Å². The zero-order chi connectivity index (χ0) is 34.2. The highest BCUT2D eigenvalue weighted by atomic mass is 19.1. The van der Waals surface area contributed by atoms with E-state index in [4.69, 9.17) is 0 Å². The number of halogens is 1. The second-order valence-corrected chi connectivity index (χ2v) is 13.2. The fourth-order valence-electron chi connectivity index (χ4n) is 6.87. The van der Waals surface area contributed by atoms with Crippen molar-refractivity contribution in [3.63, 3.8) is 0 Å². The summed E-state index contributed by atoms with van der Waals surface area (Å²) in [6.07, 6.45) is 5.20. The molecule has 1 aliphatic carbocycles. The van der Waals surface area contributed by atoms with Gasteiger partial charge in [-0.2, -0.15) is 5.10 Å². The van der Waals surface area contributed by atoms with E-state index in [0.29, 0.717) is 36.8 Å². The van der Waals surface area contributed by atoms with Crippen LogP contribution in [0, 0.1) is 17.7 Å². The molecule has 12 heteroatoms. The van der Waals surface area contributed by atoms with E-state index in [2.05, 4.69) is 46.7 Å². The number of piperazine rings is 1. The molecule has 2 fully saturated rings. The van der Waals surface area contributed by atoms with Crippen molar-refractivity contribution >= 4 is 29.3 Å². The van der Waals surface area contributed by atoms with Crippen molar-refractivity contribution in [2.75, 3.05) is 31.5 Å². The van der Waals surface area contributed by atoms with Gasteiger partial charge in [-0.3, -0.25) is 28.8 Å². The predicted molar refractivity (Wildman–Crippen MR) is 179 cm³/mol. The maximum Gasteiger partial charge on any atom is 0.270 e. The minimum absolute atomic E-state index is 0.0158. The Morgan fingerprint density at radius 1 is 0.979 bits per heavy atom. The summed E-state index contributed by atoms with van der Waals surface area (Å²) in [7, 11) is 0. The third-order valence-electron chi connectivity index (χ3n) is 10.0. The Hall–Kier alpha value is -3.80. The number of carbonyl (C=O) groups excluding carboxylic acids is 4. The zero-order valence-corrected chi connectivity index (χ0v) is 28.7. The normalized spacial score (nSPS) is 22.2. The lowest BCUT2D eigenvalue weighted by Gasteiger charge is -2.41. The number of aryl methyl sites for hydroxylation is 1. The number of hydrogen-bond donors (Lipinski definition) is 3. The maximum atomic E-state index is 15.7. The van der Waals surface area contributed by atoms with E-state index >= 15 is 4.39 Å². The van der Waals surface area contributed by atoms with Crippen LogP contribution in [-0.4, -0.2) is 87.5 Å². The van der Waals surface area contributed by atoms with Gasteiger partial charge < -0.3 is 20.9 Å². The average molecular weight is 654 g/mol. The Kier molecular flexibility index (Phi) is 12.5. The first-order valence-electron chi connectivity index (χ1n) is 17.2. The van der Waals surface area contributed by atoms with Gasteiger partial charge in [-0.25, -0.2) is 4.39 Å². The molecule has 0 spiro atoms. The van der Waals surface area contributed by atoms with E-state index in [1.54, 1.807) is 41.8 Å². The Balaban J connectivity index is 1.52. The second kappa shape index (κ2) is 16.3. The summed E-state index contributed by atoms with van der Waals surface area (Å²) in [6.45, 7) is 15.0. The van der Waals surface area contributed by atoms with Gasteiger partial charge in [0.1, 0.15) is 23.6 Å². The van der Waals surface area contributed by atoms with Crippen LogP contribution in [0.5, 0.6) is 0 Å². The molecule has 1 aromatic heterocycles. The molecule has 4 amide bonds. The number of hydrogen-bond acceptors (Lipinski definition) is 6. The number of rotatable bonds is 12. The van der Waals surface area contributed by atoms with Gasteiger partial charge in [-0.15, -0.1) is 0 Å². The van der Waals surface area contributed by atoms with E-state index in [1.807, 2.05) is 6.92 Å². The first-order valence-corrected chi connectivity index (χ1v) is 17.2. The van der Waals surface area contributed by atoms with E-state index < -0.39 is 35.6 Å². The molecule has 1 aliphatic heterocycles. The second-order valence-electron chi connectivity index (χ2n) is 13.2. The number of amides is 4. The number of benzene rings is 1. The number of nitrogens with zero attached hydrogens (tertiary/aromatic N) is 4. The number of aromatic nitrogens is 2. The van der Waals surface area contributed by atoms with Gasteiger partial charge in [-0.05, 0) is 68.8 Å². The van der Waals surface area contributed by atoms with E-state index in [9.17, 15) is 19.2 Å². The lowest BCUT2D eigenvalue weighted by molar-refractivity contribution is -0.139. The molecule has 2 aromatic rings. The smallest absolute Gasteiger partial charge is 0.270 e. The first kappa shape index (κ1) is 36.0. The zero-order valence-electron chi connectivity index (χ0n) is 28.7. The summed E-state index contributed by atoms with van der Waals surface area (Å²) in [4.78, 5) is 57.3. The number of carbonyl (C=O) groups is 4. The molecule has 3 N–H and O–H groups in total. The van der Waals surface area contributed by atoms with Crippen molar-refractivity contribution in [3.05, 3.63) is 47.5 Å². The van der Waals surface area contributed by atoms with Crippen molar-refractivity contribution < 1.29 is 23.6 Å². The maximum absolute atomic E-state index is 15.7. The van der Waals surface area contributed by atoms with Gasteiger partial charge in [0.25, 0.3) is 5.91 Å². The first-order chi connectivity index (χ1) is 22.5. The minimum Gasteiger partial charge on any atom is -0.344 e. The highest BCUT2D eigenvalue weighted by Gasteiger charge is 2.36.